The van der Waals surface area contributed by atoms with Gasteiger partial charge in [-0.15, -0.1) is 11.3 Å². The Morgan fingerprint density at radius 1 is 1.44 bits per heavy atom. The molecule has 0 saturated heterocycles. The first kappa shape index (κ1) is 13.6. The van der Waals surface area contributed by atoms with E-state index in [1.165, 1.54) is 0 Å². The largest absolute Gasteiger partial charge is 0.464 e. The van der Waals surface area contributed by atoms with Crippen LogP contribution in [-0.4, -0.2) is 11.2 Å². The van der Waals surface area contributed by atoms with E-state index < -0.39 is 0 Å². The third-order valence-electron chi connectivity index (χ3n) is 2.59. The van der Waals surface area contributed by atoms with E-state index in [4.69, 9.17) is 4.42 Å². The lowest BCUT2D eigenvalue weighted by molar-refractivity contribution is 0.442. The molecular weight excluding hydrogens is 264 g/mol. The van der Waals surface area contributed by atoms with Crippen molar-refractivity contribution < 1.29 is 4.42 Å². The molecule has 1 N–H and O–H groups in total. The summed E-state index contributed by atoms with van der Waals surface area (Å²) in [5.41, 5.74) is 1.09. The van der Waals surface area contributed by atoms with Gasteiger partial charge in [0, 0.05) is 11.1 Å². The Morgan fingerprint density at radius 2 is 2.22 bits per heavy atom. The van der Waals surface area contributed by atoms with Crippen molar-refractivity contribution in [3.63, 3.8) is 0 Å². The van der Waals surface area contributed by atoms with Crippen LogP contribution < -0.4 is 5.32 Å². The maximum Gasteiger partial charge on any atom is 0.118 e. The van der Waals surface area contributed by atoms with Gasteiger partial charge >= 0.3 is 0 Å². The normalized spacial score (nSPS) is 12.8. The maximum atomic E-state index is 5.72. The molecular formula is C13H18N2OS2. The van der Waals surface area contributed by atoms with Crippen molar-refractivity contribution in [3.05, 3.63) is 39.7 Å². The third kappa shape index (κ3) is 3.60. The van der Waals surface area contributed by atoms with Crippen LogP contribution in [0.2, 0.25) is 0 Å². The van der Waals surface area contributed by atoms with Crippen LogP contribution in [0.15, 0.2) is 21.9 Å². The molecule has 5 heteroatoms. The molecule has 0 fully saturated rings. The van der Waals surface area contributed by atoms with Crippen LogP contribution >= 0.6 is 23.1 Å². The molecule has 98 valence electrons. The number of aromatic nitrogens is 1. The number of hydrogen-bond donors (Lipinski definition) is 1. The number of thiazole rings is 1. The van der Waals surface area contributed by atoms with Crippen LogP contribution in [0.5, 0.6) is 0 Å². The molecule has 0 aliphatic rings. The lowest BCUT2D eigenvalue weighted by atomic mass is 10.3. The molecule has 0 bridgehead atoms. The standard InChI is InChI=1S/C13H18N2OS2/c1-9-7-18-13(15-9)10(2)14-6-11-4-5-12(16-11)8-17-3/h4-5,7,10,14H,6,8H2,1-3H3. The second-order valence-electron chi connectivity index (χ2n) is 4.23. The Bertz CT molecular complexity index is 493. The number of nitrogens with zero attached hydrogens (tertiary/aromatic N) is 1. The predicted molar refractivity (Wildman–Crippen MR) is 78.0 cm³/mol. The molecule has 0 radical (unpaired) electrons. The van der Waals surface area contributed by atoms with E-state index in [1.807, 2.05) is 19.1 Å². The molecule has 1 atom stereocenters. The summed E-state index contributed by atoms with van der Waals surface area (Å²) in [5, 5.41) is 6.64. The summed E-state index contributed by atoms with van der Waals surface area (Å²) < 4.78 is 5.72. The summed E-state index contributed by atoms with van der Waals surface area (Å²) in [4.78, 5) is 4.48. The molecule has 2 aromatic rings. The van der Waals surface area contributed by atoms with Crippen LogP contribution in [0, 0.1) is 6.92 Å². The van der Waals surface area contributed by atoms with Crippen molar-refractivity contribution in [3.8, 4) is 0 Å². The van der Waals surface area contributed by atoms with E-state index in [0.29, 0.717) is 0 Å². The number of thioether (sulfide) groups is 1. The summed E-state index contributed by atoms with van der Waals surface area (Å²) >= 11 is 3.47. The second-order valence-corrected chi connectivity index (χ2v) is 5.99. The van der Waals surface area contributed by atoms with Crippen LogP contribution in [0.4, 0.5) is 0 Å². The average molecular weight is 282 g/mol. The highest BCUT2D eigenvalue weighted by molar-refractivity contribution is 7.97. The number of furan rings is 1. The predicted octanol–water partition coefficient (Wildman–Crippen LogP) is 3.76. The van der Waals surface area contributed by atoms with Crippen LogP contribution in [0.25, 0.3) is 0 Å². The minimum absolute atomic E-state index is 0.262. The number of hydrogen-bond acceptors (Lipinski definition) is 5. The minimum atomic E-state index is 0.262. The molecule has 0 saturated carbocycles. The van der Waals surface area contributed by atoms with Gasteiger partial charge in [0.15, 0.2) is 0 Å². The average Bonchev–Trinajstić information content (AvgIpc) is 2.96. The zero-order chi connectivity index (χ0) is 13.0. The van der Waals surface area contributed by atoms with Gasteiger partial charge < -0.3 is 9.73 Å². The first-order valence-electron chi connectivity index (χ1n) is 5.91. The number of aryl methyl sites for hydroxylation is 1. The molecule has 2 rings (SSSR count). The summed E-state index contributed by atoms with van der Waals surface area (Å²) in [5.74, 6) is 2.96. The lowest BCUT2D eigenvalue weighted by Gasteiger charge is -2.09. The molecule has 2 heterocycles. The molecule has 0 aromatic carbocycles. The molecule has 0 aliphatic heterocycles. The molecule has 0 aliphatic carbocycles. The molecule has 18 heavy (non-hydrogen) atoms. The number of nitrogens with one attached hydrogen (secondary N) is 1. The summed E-state index contributed by atoms with van der Waals surface area (Å²) in [6, 6.07) is 4.35. The van der Waals surface area contributed by atoms with E-state index in [-0.39, 0.29) is 6.04 Å². The van der Waals surface area contributed by atoms with Gasteiger partial charge in [0.05, 0.1) is 18.3 Å². The molecule has 2 aromatic heterocycles. The van der Waals surface area contributed by atoms with Crippen molar-refractivity contribution in [1.82, 2.24) is 10.3 Å². The van der Waals surface area contributed by atoms with Crippen LogP contribution in [0.3, 0.4) is 0 Å². The van der Waals surface area contributed by atoms with Crippen molar-refractivity contribution in [2.45, 2.75) is 32.2 Å². The Balaban J connectivity index is 1.86. The van der Waals surface area contributed by atoms with E-state index in [1.54, 1.807) is 23.1 Å². The van der Waals surface area contributed by atoms with Crippen molar-refractivity contribution in [2.24, 2.45) is 0 Å². The molecule has 3 nitrogen and oxygen atoms in total. The van der Waals surface area contributed by atoms with E-state index in [2.05, 4.69) is 28.9 Å². The first-order chi connectivity index (χ1) is 8.69. The molecule has 1 unspecified atom stereocenters. The van der Waals surface area contributed by atoms with Crippen molar-refractivity contribution >= 4 is 23.1 Å². The van der Waals surface area contributed by atoms with Crippen LogP contribution in [-0.2, 0) is 12.3 Å². The van der Waals surface area contributed by atoms with Gasteiger partial charge in [-0.3, -0.25) is 0 Å². The molecule has 0 spiro atoms. The Hall–Kier alpha value is -0.780. The Morgan fingerprint density at radius 3 is 2.89 bits per heavy atom. The third-order valence-corrected chi connectivity index (χ3v) is 4.31. The Kier molecular flexibility index (Phi) is 4.86. The van der Waals surface area contributed by atoms with Gasteiger partial charge in [-0.1, -0.05) is 0 Å². The zero-order valence-corrected chi connectivity index (χ0v) is 12.5. The maximum absolute atomic E-state index is 5.72. The van der Waals surface area contributed by atoms with Crippen LogP contribution in [0.1, 0.15) is 35.2 Å². The topological polar surface area (TPSA) is 38.1 Å². The highest BCUT2D eigenvalue weighted by Gasteiger charge is 2.10. The summed E-state index contributed by atoms with van der Waals surface area (Å²) in [7, 11) is 0. The van der Waals surface area contributed by atoms with Crippen molar-refractivity contribution in [1.29, 1.82) is 0 Å². The Labute approximate surface area is 116 Å². The highest BCUT2D eigenvalue weighted by Crippen LogP contribution is 2.19. The quantitative estimate of drug-likeness (QED) is 0.875. The first-order valence-corrected chi connectivity index (χ1v) is 8.18. The SMILES string of the molecule is CSCc1ccc(CNC(C)c2nc(C)cs2)o1. The van der Waals surface area contributed by atoms with Gasteiger partial charge in [-0.2, -0.15) is 11.8 Å². The smallest absolute Gasteiger partial charge is 0.118 e. The van der Waals surface area contributed by atoms with E-state index in [9.17, 15) is 0 Å². The fourth-order valence-corrected chi connectivity index (χ4v) is 2.92. The van der Waals surface area contributed by atoms with Crippen molar-refractivity contribution in [2.75, 3.05) is 6.26 Å². The monoisotopic (exact) mass is 282 g/mol. The summed E-state index contributed by atoms with van der Waals surface area (Å²) in [6.07, 6.45) is 2.08. The minimum Gasteiger partial charge on any atom is -0.464 e. The fourth-order valence-electron chi connectivity index (χ4n) is 1.65. The molecule has 0 amide bonds. The van der Waals surface area contributed by atoms with Gasteiger partial charge in [-0.25, -0.2) is 4.98 Å². The fraction of sp³-hybridized carbons (Fsp3) is 0.462. The lowest BCUT2D eigenvalue weighted by Crippen LogP contribution is -2.17. The van der Waals surface area contributed by atoms with E-state index >= 15 is 0 Å². The van der Waals surface area contributed by atoms with Gasteiger partial charge in [0.1, 0.15) is 16.5 Å². The number of rotatable bonds is 6. The summed E-state index contributed by atoms with van der Waals surface area (Å²) in [6.45, 7) is 4.89. The van der Waals surface area contributed by atoms with E-state index in [0.717, 1.165) is 34.5 Å². The highest BCUT2D eigenvalue weighted by atomic mass is 32.2. The van der Waals surface area contributed by atoms with Gasteiger partial charge in [0.2, 0.25) is 0 Å². The second kappa shape index (κ2) is 6.41. The van der Waals surface area contributed by atoms with Gasteiger partial charge in [-0.05, 0) is 32.2 Å². The zero-order valence-electron chi connectivity index (χ0n) is 10.9. The van der Waals surface area contributed by atoms with Gasteiger partial charge in [0.25, 0.3) is 0 Å².